The van der Waals surface area contributed by atoms with Crippen molar-refractivity contribution < 1.29 is 4.79 Å². The molecule has 3 fully saturated rings. The Balaban J connectivity index is 1.83. The van der Waals surface area contributed by atoms with Crippen molar-refractivity contribution in [3.05, 3.63) is 35.4 Å². The topological polar surface area (TPSA) is 29.1 Å². The maximum absolute atomic E-state index is 11.9. The molecule has 0 aromatic heterocycles. The predicted molar refractivity (Wildman–Crippen MR) is 79.7 cm³/mol. The maximum atomic E-state index is 11.9. The summed E-state index contributed by atoms with van der Waals surface area (Å²) < 4.78 is 0. The van der Waals surface area contributed by atoms with Crippen molar-refractivity contribution in [2.45, 2.75) is 57.0 Å². The van der Waals surface area contributed by atoms with E-state index in [9.17, 15) is 4.79 Å². The van der Waals surface area contributed by atoms with Gasteiger partial charge in [-0.25, -0.2) is 0 Å². The first kappa shape index (κ1) is 12.6. The molecule has 2 aliphatic heterocycles. The monoisotopic (exact) mass is 269 g/mol. The highest BCUT2D eigenvalue weighted by atomic mass is 16.1. The SMILES string of the molecule is CC[C@@]12CC3NC(Cc4ccccc41)C2C[C@@H]3C(C)=O. The lowest BCUT2D eigenvalue weighted by atomic mass is 9.48. The van der Waals surface area contributed by atoms with Gasteiger partial charge in [-0.1, -0.05) is 31.2 Å². The first-order valence-electron chi connectivity index (χ1n) is 8.00. The van der Waals surface area contributed by atoms with Crippen molar-refractivity contribution in [1.29, 1.82) is 0 Å². The van der Waals surface area contributed by atoms with Crippen LogP contribution in [0.4, 0.5) is 0 Å². The zero-order valence-electron chi connectivity index (χ0n) is 12.4. The molecule has 20 heavy (non-hydrogen) atoms. The molecule has 2 heteroatoms. The molecule has 1 aromatic carbocycles. The van der Waals surface area contributed by atoms with Gasteiger partial charge in [0.1, 0.15) is 5.78 Å². The van der Waals surface area contributed by atoms with Crippen LogP contribution in [0.15, 0.2) is 24.3 Å². The third kappa shape index (κ3) is 1.46. The minimum Gasteiger partial charge on any atom is -0.310 e. The summed E-state index contributed by atoms with van der Waals surface area (Å²) in [5.74, 6) is 1.27. The number of fused-ring (bicyclic) bond motifs is 2. The van der Waals surface area contributed by atoms with Gasteiger partial charge < -0.3 is 5.32 Å². The first-order chi connectivity index (χ1) is 9.65. The number of rotatable bonds is 2. The molecule has 1 saturated carbocycles. The Morgan fingerprint density at radius 3 is 2.85 bits per heavy atom. The number of hydrogen-bond donors (Lipinski definition) is 1. The zero-order chi connectivity index (χ0) is 13.9. The highest BCUT2D eigenvalue weighted by molar-refractivity contribution is 5.79. The van der Waals surface area contributed by atoms with Crippen LogP contribution in [-0.4, -0.2) is 17.9 Å². The summed E-state index contributed by atoms with van der Waals surface area (Å²) in [5.41, 5.74) is 3.43. The van der Waals surface area contributed by atoms with Crippen LogP contribution >= 0.6 is 0 Å². The number of nitrogens with one attached hydrogen (secondary N) is 1. The molecule has 106 valence electrons. The van der Waals surface area contributed by atoms with Gasteiger partial charge in [0.25, 0.3) is 0 Å². The van der Waals surface area contributed by atoms with Crippen molar-refractivity contribution in [2.75, 3.05) is 0 Å². The van der Waals surface area contributed by atoms with E-state index in [1.54, 1.807) is 12.5 Å². The fourth-order valence-electron chi connectivity index (χ4n) is 5.44. The molecular formula is C18H23NO. The van der Waals surface area contributed by atoms with Gasteiger partial charge in [-0.05, 0) is 49.7 Å². The number of carbonyl (C=O) groups is 1. The molecule has 0 radical (unpaired) electrons. The summed E-state index contributed by atoms with van der Waals surface area (Å²) in [6.45, 7) is 4.11. The van der Waals surface area contributed by atoms with Crippen LogP contribution < -0.4 is 5.32 Å². The van der Waals surface area contributed by atoms with Crippen LogP contribution in [0.1, 0.15) is 44.2 Å². The molecule has 4 aliphatic rings. The fraction of sp³-hybridized carbons (Fsp3) is 0.611. The van der Waals surface area contributed by atoms with E-state index in [2.05, 4.69) is 36.5 Å². The van der Waals surface area contributed by atoms with Crippen LogP contribution in [-0.2, 0) is 16.6 Å². The molecule has 0 amide bonds. The average molecular weight is 269 g/mol. The van der Waals surface area contributed by atoms with Gasteiger partial charge in [0.05, 0.1) is 0 Å². The molecule has 4 bridgehead atoms. The fourth-order valence-corrected chi connectivity index (χ4v) is 5.44. The molecule has 1 aromatic rings. The number of Topliss-reactive ketones (excluding diaryl/α,β-unsaturated/α-hetero) is 1. The largest absolute Gasteiger partial charge is 0.310 e. The molecule has 2 nitrogen and oxygen atoms in total. The third-order valence-corrected chi connectivity index (χ3v) is 6.35. The summed E-state index contributed by atoms with van der Waals surface area (Å²) >= 11 is 0. The van der Waals surface area contributed by atoms with Gasteiger partial charge in [-0.15, -0.1) is 0 Å². The van der Waals surface area contributed by atoms with Gasteiger partial charge in [0.2, 0.25) is 0 Å². The summed E-state index contributed by atoms with van der Waals surface area (Å²) in [7, 11) is 0. The molecule has 5 atom stereocenters. The number of benzene rings is 1. The second-order valence-corrected chi connectivity index (χ2v) is 7.01. The van der Waals surface area contributed by atoms with E-state index in [4.69, 9.17) is 0 Å². The molecular weight excluding hydrogens is 246 g/mol. The minimum atomic E-state index is 0.251. The minimum absolute atomic E-state index is 0.251. The van der Waals surface area contributed by atoms with Crippen molar-refractivity contribution in [1.82, 2.24) is 5.32 Å². The number of piperidine rings is 2. The smallest absolute Gasteiger partial charge is 0.134 e. The van der Waals surface area contributed by atoms with Crippen molar-refractivity contribution in [3.8, 4) is 0 Å². The van der Waals surface area contributed by atoms with E-state index in [1.165, 1.54) is 12.0 Å². The maximum Gasteiger partial charge on any atom is 0.134 e. The van der Waals surface area contributed by atoms with Crippen LogP contribution in [0.5, 0.6) is 0 Å². The van der Waals surface area contributed by atoms with Crippen LogP contribution in [0.3, 0.4) is 0 Å². The highest BCUT2D eigenvalue weighted by Gasteiger charge is 2.58. The first-order valence-corrected chi connectivity index (χ1v) is 8.00. The van der Waals surface area contributed by atoms with E-state index in [1.807, 2.05) is 0 Å². The van der Waals surface area contributed by atoms with E-state index in [0.29, 0.717) is 29.2 Å². The Bertz CT molecular complexity index is 566. The number of carbonyl (C=O) groups excluding carboxylic acids is 1. The second-order valence-electron chi connectivity index (χ2n) is 7.01. The van der Waals surface area contributed by atoms with Crippen molar-refractivity contribution in [2.24, 2.45) is 11.8 Å². The van der Waals surface area contributed by atoms with E-state index in [-0.39, 0.29) is 5.92 Å². The summed E-state index contributed by atoms with van der Waals surface area (Å²) in [6.07, 6.45) is 4.59. The molecule has 3 unspecified atom stereocenters. The Labute approximate surface area is 121 Å². The molecule has 2 saturated heterocycles. The number of ketones is 1. The average Bonchev–Trinajstić information content (AvgIpc) is 2.46. The molecule has 2 aliphatic carbocycles. The van der Waals surface area contributed by atoms with Crippen molar-refractivity contribution >= 4 is 5.78 Å². The quantitative estimate of drug-likeness (QED) is 0.894. The van der Waals surface area contributed by atoms with E-state index in [0.717, 1.165) is 19.3 Å². The summed E-state index contributed by atoms with van der Waals surface area (Å²) in [4.78, 5) is 11.9. The lowest BCUT2D eigenvalue weighted by Crippen LogP contribution is -2.69. The molecule has 5 rings (SSSR count). The van der Waals surface area contributed by atoms with Crippen LogP contribution in [0.2, 0.25) is 0 Å². The Morgan fingerprint density at radius 1 is 1.35 bits per heavy atom. The van der Waals surface area contributed by atoms with Crippen LogP contribution in [0.25, 0.3) is 0 Å². The normalized spacial score (nSPS) is 41.3. The van der Waals surface area contributed by atoms with Gasteiger partial charge >= 0.3 is 0 Å². The number of hydrogen-bond acceptors (Lipinski definition) is 2. The van der Waals surface area contributed by atoms with Crippen molar-refractivity contribution in [3.63, 3.8) is 0 Å². The summed E-state index contributed by atoms with van der Waals surface area (Å²) in [6, 6.07) is 9.98. The van der Waals surface area contributed by atoms with Crippen LogP contribution in [0, 0.1) is 11.8 Å². The van der Waals surface area contributed by atoms with E-state index < -0.39 is 0 Å². The summed E-state index contributed by atoms with van der Waals surface area (Å²) in [5, 5.41) is 3.79. The highest BCUT2D eigenvalue weighted by Crippen LogP contribution is 2.56. The van der Waals surface area contributed by atoms with Gasteiger partial charge in [-0.2, -0.15) is 0 Å². The Hall–Kier alpha value is -1.15. The predicted octanol–water partition coefficient (Wildman–Crippen LogP) is 2.85. The second kappa shape index (κ2) is 4.17. The molecule has 0 spiro atoms. The van der Waals surface area contributed by atoms with E-state index >= 15 is 0 Å². The Kier molecular flexibility index (Phi) is 2.62. The third-order valence-electron chi connectivity index (χ3n) is 6.35. The molecule has 2 heterocycles. The lowest BCUT2D eigenvalue weighted by Gasteiger charge is -2.61. The molecule has 1 N–H and O–H groups in total. The van der Waals surface area contributed by atoms with Gasteiger partial charge in [-0.3, -0.25) is 4.79 Å². The standard InChI is InChI=1S/C18H23NO/c1-3-18-10-17-13(11(2)20)9-15(18)16(19-17)8-12-6-4-5-7-14(12)18/h4-7,13,15-17,19H,3,8-10H2,1-2H3/t13-,15?,16?,17?,18-/m1/s1. The lowest BCUT2D eigenvalue weighted by molar-refractivity contribution is -0.127. The Morgan fingerprint density at radius 2 is 2.15 bits per heavy atom. The van der Waals surface area contributed by atoms with Gasteiger partial charge in [0.15, 0.2) is 0 Å². The zero-order valence-corrected chi connectivity index (χ0v) is 12.4. The van der Waals surface area contributed by atoms with Gasteiger partial charge in [0, 0.05) is 23.4 Å².